The van der Waals surface area contributed by atoms with Gasteiger partial charge >= 0.3 is 0 Å². The summed E-state index contributed by atoms with van der Waals surface area (Å²) in [4.78, 5) is 6.56. The number of nitrogens with two attached hydrogens (primary N) is 1. The molecule has 2 aliphatic rings. The van der Waals surface area contributed by atoms with Gasteiger partial charge in [-0.25, -0.2) is 13.8 Å². The van der Waals surface area contributed by atoms with Crippen LogP contribution in [0, 0.1) is 28.4 Å². The molecule has 2 heterocycles. The van der Waals surface area contributed by atoms with Gasteiger partial charge in [0.05, 0.1) is 24.0 Å². The molecule has 0 unspecified atom stereocenters. The fourth-order valence-electron chi connectivity index (χ4n) is 3.96. The Labute approximate surface area is 196 Å². The molecule has 1 fully saturated rings. The average molecular weight is 463 g/mol. The van der Waals surface area contributed by atoms with Crippen LogP contribution in [0.4, 0.5) is 8.78 Å². The number of likely N-dealkylation sites (tertiary alicyclic amines) is 1. The van der Waals surface area contributed by atoms with E-state index < -0.39 is 11.6 Å². The van der Waals surface area contributed by atoms with E-state index >= 15 is 0 Å². The van der Waals surface area contributed by atoms with Gasteiger partial charge in [0, 0.05) is 30.9 Å². The van der Waals surface area contributed by atoms with Gasteiger partial charge < -0.3 is 20.7 Å². The van der Waals surface area contributed by atoms with Crippen molar-refractivity contribution >= 4 is 17.5 Å². The molecule has 34 heavy (non-hydrogen) atoms. The maximum absolute atomic E-state index is 14.6. The molecule has 0 radical (unpaired) electrons. The Morgan fingerprint density at radius 3 is 2.53 bits per heavy atom. The quantitative estimate of drug-likeness (QED) is 0.589. The molecule has 0 spiro atoms. The van der Waals surface area contributed by atoms with E-state index in [1.165, 1.54) is 31.4 Å². The van der Waals surface area contributed by atoms with E-state index in [2.05, 4.69) is 15.2 Å². The van der Waals surface area contributed by atoms with E-state index in [9.17, 15) is 8.78 Å². The van der Waals surface area contributed by atoms with Crippen molar-refractivity contribution in [1.29, 1.82) is 10.7 Å². The van der Waals surface area contributed by atoms with E-state index in [-0.39, 0.29) is 34.2 Å². The molecular formula is C25H24F2N6O. The predicted octanol–water partition coefficient (Wildman–Crippen LogP) is 3.52. The molecule has 2 aromatic carbocycles. The van der Waals surface area contributed by atoms with Gasteiger partial charge in [0.25, 0.3) is 0 Å². The van der Waals surface area contributed by atoms with E-state index in [0.29, 0.717) is 11.4 Å². The Morgan fingerprint density at radius 2 is 1.88 bits per heavy atom. The Kier molecular flexibility index (Phi) is 6.70. The Hall–Kier alpha value is -4.03. The highest BCUT2D eigenvalue weighted by molar-refractivity contribution is 6.31. The van der Waals surface area contributed by atoms with Crippen LogP contribution in [0.2, 0.25) is 0 Å². The number of methoxy groups -OCH3 is 1. The molecule has 2 aliphatic heterocycles. The lowest BCUT2D eigenvalue weighted by molar-refractivity contribution is 0.252. The van der Waals surface area contributed by atoms with Crippen molar-refractivity contribution < 1.29 is 13.5 Å². The number of hydrogen-bond donors (Lipinski definition) is 3. The summed E-state index contributed by atoms with van der Waals surface area (Å²) in [5.74, 6) is -0.152. The minimum Gasteiger partial charge on any atom is -0.494 e. The van der Waals surface area contributed by atoms with Gasteiger partial charge in [-0.1, -0.05) is 12.1 Å². The summed E-state index contributed by atoms with van der Waals surface area (Å²) in [6.45, 7) is 1.54. The van der Waals surface area contributed by atoms with Crippen molar-refractivity contribution in [2.45, 2.75) is 18.9 Å². The minimum absolute atomic E-state index is 0.0643. The average Bonchev–Trinajstić information content (AvgIpc) is 2.85. The van der Waals surface area contributed by atoms with Gasteiger partial charge in [0.15, 0.2) is 11.6 Å². The number of halogens is 2. The number of benzene rings is 2. The number of nitrogens with zero attached hydrogens (tertiary/aromatic N) is 3. The molecule has 0 amide bonds. The molecule has 4 N–H and O–H groups in total. The lowest BCUT2D eigenvalue weighted by Gasteiger charge is -2.35. The van der Waals surface area contributed by atoms with Crippen molar-refractivity contribution in [1.82, 2.24) is 10.2 Å². The van der Waals surface area contributed by atoms with Crippen molar-refractivity contribution in [3.8, 4) is 11.8 Å². The molecule has 0 aromatic heterocycles. The summed E-state index contributed by atoms with van der Waals surface area (Å²) >= 11 is 0. The number of allylic oxidation sites excluding steroid dienone is 2. The van der Waals surface area contributed by atoms with E-state index in [1.807, 2.05) is 6.08 Å². The summed E-state index contributed by atoms with van der Waals surface area (Å²) in [6.07, 6.45) is 5.15. The largest absolute Gasteiger partial charge is 0.494 e. The number of piperidine rings is 1. The van der Waals surface area contributed by atoms with Gasteiger partial charge in [-0.2, -0.15) is 5.26 Å². The zero-order valence-electron chi connectivity index (χ0n) is 18.6. The van der Waals surface area contributed by atoms with Crippen LogP contribution in [0.15, 0.2) is 59.1 Å². The minimum atomic E-state index is -0.736. The van der Waals surface area contributed by atoms with Crippen LogP contribution in [-0.4, -0.2) is 43.1 Å². The smallest absolute Gasteiger partial charge is 0.165 e. The van der Waals surface area contributed by atoms with E-state index in [0.717, 1.165) is 37.8 Å². The maximum Gasteiger partial charge on any atom is 0.165 e. The highest BCUT2D eigenvalue weighted by Crippen LogP contribution is 2.29. The number of rotatable bonds is 5. The van der Waals surface area contributed by atoms with Crippen LogP contribution in [-0.2, 0) is 0 Å². The summed E-state index contributed by atoms with van der Waals surface area (Å²) in [5.41, 5.74) is 6.71. The van der Waals surface area contributed by atoms with Gasteiger partial charge in [-0.3, -0.25) is 5.41 Å². The van der Waals surface area contributed by atoms with E-state index in [1.54, 1.807) is 18.4 Å². The number of nitriles is 1. The zero-order chi connectivity index (χ0) is 24.2. The lowest BCUT2D eigenvalue weighted by Crippen LogP contribution is -2.42. The van der Waals surface area contributed by atoms with Gasteiger partial charge in [0.1, 0.15) is 23.5 Å². The van der Waals surface area contributed by atoms with Crippen LogP contribution in [0.1, 0.15) is 29.5 Å². The second-order valence-electron chi connectivity index (χ2n) is 8.03. The van der Waals surface area contributed by atoms with Gasteiger partial charge in [-0.05, 0) is 48.7 Å². The summed E-state index contributed by atoms with van der Waals surface area (Å²) in [6, 6.07) is 10.2. The summed E-state index contributed by atoms with van der Waals surface area (Å²) in [5, 5.41) is 21.2. The monoisotopic (exact) mass is 462 g/mol. The molecule has 1 saturated heterocycles. The molecule has 0 saturated carbocycles. The van der Waals surface area contributed by atoms with Crippen LogP contribution >= 0.6 is 0 Å². The fourth-order valence-corrected chi connectivity index (χ4v) is 3.96. The first kappa shape index (κ1) is 23.1. The van der Waals surface area contributed by atoms with Crippen molar-refractivity contribution in [2.24, 2.45) is 10.7 Å². The Bertz CT molecular complexity index is 1250. The van der Waals surface area contributed by atoms with Gasteiger partial charge in [0.2, 0.25) is 0 Å². The van der Waals surface area contributed by atoms with E-state index in [4.69, 9.17) is 21.1 Å². The predicted molar refractivity (Wildman–Crippen MR) is 126 cm³/mol. The van der Waals surface area contributed by atoms with Crippen LogP contribution in [0.3, 0.4) is 0 Å². The normalized spacial score (nSPS) is 17.5. The number of ether oxygens (including phenoxy) is 1. The molecular weight excluding hydrogens is 438 g/mol. The molecule has 0 aliphatic carbocycles. The molecule has 0 bridgehead atoms. The molecule has 4 rings (SSSR count). The molecule has 0 atom stereocenters. The van der Waals surface area contributed by atoms with Crippen LogP contribution in [0.5, 0.6) is 5.75 Å². The first-order valence-corrected chi connectivity index (χ1v) is 10.8. The third kappa shape index (κ3) is 4.67. The zero-order valence-corrected chi connectivity index (χ0v) is 18.6. The van der Waals surface area contributed by atoms with Crippen LogP contribution in [0.25, 0.3) is 5.57 Å². The van der Waals surface area contributed by atoms with Crippen molar-refractivity contribution in [2.75, 3.05) is 20.2 Å². The SMILES string of the molecule is COc1ccc(/C(C(=N)c2ccc(C#N)c(F)c2)=C2\N=CC=C(N3CCC(N)CC3)N2)cc1F. The molecule has 9 heteroatoms. The summed E-state index contributed by atoms with van der Waals surface area (Å²) in [7, 11) is 1.37. The van der Waals surface area contributed by atoms with Crippen LogP contribution < -0.4 is 15.8 Å². The first-order valence-electron chi connectivity index (χ1n) is 10.8. The number of hydrogen-bond acceptors (Lipinski definition) is 7. The fraction of sp³-hybridized carbons (Fsp3) is 0.240. The summed E-state index contributed by atoms with van der Waals surface area (Å²) < 4.78 is 34.0. The lowest BCUT2D eigenvalue weighted by atomic mass is 9.94. The molecule has 7 nitrogen and oxygen atoms in total. The van der Waals surface area contributed by atoms with Crippen molar-refractivity contribution in [3.63, 3.8) is 0 Å². The topological polar surface area (TPSA) is 111 Å². The van der Waals surface area contributed by atoms with Gasteiger partial charge in [-0.15, -0.1) is 0 Å². The standard InChI is InChI=1S/C25H24F2N6O/c1-34-21-5-4-15(12-20(21)27)23(24(30)16-2-3-17(14-28)19(26)13-16)25-31-9-6-22(32-25)33-10-7-18(29)8-11-33/h2-6,9,12-13,18,30,32H,7-8,10-11,29H2,1H3/b25-23-,30-24?. The second kappa shape index (κ2) is 9.85. The highest BCUT2D eigenvalue weighted by atomic mass is 19.1. The second-order valence-corrected chi connectivity index (χ2v) is 8.03. The number of aliphatic imine (C=N–C) groups is 1. The first-order chi connectivity index (χ1) is 16.4. The highest BCUT2D eigenvalue weighted by Gasteiger charge is 2.24. The Balaban J connectivity index is 1.77. The number of nitrogens with one attached hydrogen (secondary N) is 2. The maximum atomic E-state index is 14.6. The third-order valence-electron chi connectivity index (χ3n) is 5.87. The van der Waals surface area contributed by atoms with Crippen molar-refractivity contribution in [3.05, 3.63) is 82.4 Å². The molecule has 2 aromatic rings. The Morgan fingerprint density at radius 1 is 1.18 bits per heavy atom. The third-order valence-corrected chi connectivity index (χ3v) is 5.87. The molecule has 174 valence electrons.